The number of benzene rings is 1. The summed E-state index contributed by atoms with van der Waals surface area (Å²) in [6, 6.07) is 4.42. The summed E-state index contributed by atoms with van der Waals surface area (Å²) in [5, 5.41) is 1.37. The monoisotopic (exact) mass is 251 g/mol. The lowest BCUT2D eigenvalue weighted by Crippen LogP contribution is -1.81. The highest BCUT2D eigenvalue weighted by Gasteiger charge is 2.07. The first kappa shape index (κ1) is 9.78. The molecule has 1 N–H and O–H groups in total. The molecule has 0 saturated heterocycles. The van der Waals surface area contributed by atoms with Crippen LogP contribution in [-0.4, -0.2) is 4.98 Å². The van der Waals surface area contributed by atoms with Crippen molar-refractivity contribution in [1.29, 1.82) is 0 Å². The van der Waals surface area contributed by atoms with E-state index in [9.17, 15) is 0 Å². The predicted molar refractivity (Wildman–Crippen MR) is 64.9 cm³/mol. The molecule has 0 aliphatic heterocycles. The minimum atomic E-state index is 1.09. The highest BCUT2D eigenvalue weighted by molar-refractivity contribution is 9.10. The van der Waals surface area contributed by atoms with Gasteiger partial charge in [-0.1, -0.05) is 22.9 Å². The zero-order valence-corrected chi connectivity index (χ0v) is 10.3. The van der Waals surface area contributed by atoms with E-state index in [-0.39, 0.29) is 0 Å². The minimum Gasteiger partial charge on any atom is -0.358 e. The van der Waals surface area contributed by atoms with Crippen LogP contribution in [0.4, 0.5) is 0 Å². The summed E-state index contributed by atoms with van der Waals surface area (Å²) in [5.41, 5.74) is 5.26. The SMILES string of the molecule is CCc1c(C)[nH]c2cc(Br)c(C)cc12. The summed E-state index contributed by atoms with van der Waals surface area (Å²) in [6.45, 7) is 6.47. The van der Waals surface area contributed by atoms with Crippen LogP contribution in [0.5, 0.6) is 0 Å². The predicted octanol–water partition coefficient (Wildman–Crippen LogP) is 4.11. The molecule has 1 aromatic heterocycles. The zero-order chi connectivity index (χ0) is 10.3. The molecule has 0 saturated carbocycles. The van der Waals surface area contributed by atoms with Crippen molar-refractivity contribution in [2.45, 2.75) is 27.2 Å². The van der Waals surface area contributed by atoms with Crippen LogP contribution in [0.2, 0.25) is 0 Å². The summed E-state index contributed by atoms with van der Waals surface area (Å²) in [7, 11) is 0. The third-order valence-corrected chi connectivity index (χ3v) is 3.61. The van der Waals surface area contributed by atoms with E-state index < -0.39 is 0 Å². The molecule has 0 spiro atoms. The Bertz CT molecular complexity index is 483. The van der Waals surface area contributed by atoms with Crippen molar-refractivity contribution in [3.05, 3.63) is 33.4 Å². The number of halogens is 1. The van der Waals surface area contributed by atoms with Gasteiger partial charge in [-0.3, -0.25) is 0 Å². The van der Waals surface area contributed by atoms with E-state index in [1.165, 1.54) is 32.2 Å². The second-order valence-electron chi connectivity index (χ2n) is 3.73. The molecule has 0 radical (unpaired) electrons. The molecular weight excluding hydrogens is 238 g/mol. The molecule has 74 valence electrons. The normalized spacial score (nSPS) is 11.1. The van der Waals surface area contributed by atoms with E-state index in [0.717, 1.165) is 6.42 Å². The van der Waals surface area contributed by atoms with E-state index in [0.29, 0.717) is 0 Å². The summed E-state index contributed by atoms with van der Waals surface area (Å²) < 4.78 is 1.17. The maximum Gasteiger partial charge on any atom is 0.0470 e. The maximum absolute atomic E-state index is 3.55. The fourth-order valence-electron chi connectivity index (χ4n) is 1.97. The van der Waals surface area contributed by atoms with Gasteiger partial charge < -0.3 is 4.98 Å². The molecule has 2 rings (SSSR count). The van der Waals surface area contributed by atoms with Gasteiger partial charge in [0.1, 0.15) is 0 Å². The van der Waals surface area contributed by atoms with Crippen molar-refractivity contribution < 1.29 is 0 Å². The van der Waals surface area contributed by atoms with Crippen LogP contribution >= 0.6 is 15.9 Å². The Morgan fingerprint density at radius 3 is 2.64 bits per heavy atom. The second-order valence-corrected chi connectivity index (χ2v) is 4.58. The first-order valence-electron chi connectivity index (χ1n) is 4.90. The summed E-state index contributed by atoms with van der Waals surface area (Å²) in [4.78, 5) is 3.42. The molecule has 0 fully saturated rings. The van der Waals surface area contributed by atoms with E-state index >= 15 is 0 Å². The molecular formula is C12H14BrN. The summed E-state index contributed by atoms with van der Waals surface area (Å²) in [6.07, 6.45) is 1.09. The van der Waals surface area contributed by atoms with Gasteiger partial charge in [-0.15, -0.1) is 0 Å². The number of hydrogen-bond donors (Lipinski definition) is 1. The summed E-state index contributed by atoms with van der Waals surface area (Å²) >= 11 is 3.55. The molecule has 1 aromatic carbocycles. The molecule has 0 aliphatic rings. The van der Waals surface area contributed by atoms with Crippen LogP contribution in [0.1, 0.15) is 23.7 Å². The Morgan fingerprint density at radius 1 is 1.29 bits per heavy atom. The van der Waals surface area contributed by atoms with Crippen LogP contribution in [0.25, 0.3) is 10.9 Å². The van der Waals surface area contributed by atoms with Gasteiger partial charge in [-0.05, 0) is 43.5 Å². The molecule has 0 bridgehead atoms. The van der Waals surface area contributed by atoms with Crippen molar-refractivity contribution in [2.75, 3.05) is 0 Å². The first-order valence-corrected chi connectivity index (χ1v) is 5.70. The zero-order valence-electron chi connectivity index (χ0n) is 8.74. The lowest BCUT2D eigenvalue weighted by atomic mass is 10.1. The van der Waals surface area contributed by atoms with Crippen LogP contribution in [-0.2, 0) is 6.42 Å². The maximum atomic E-state index is 3.55. The van der Waals surface area contributed by atoms with E-state index in [1.807, 2.05) is 0 Å². The summed E-state index contributed by atoms with van der Waals surface area (Å²) in [5.74, 6) is 0. The van der Waals surface area contributed by atoms with Crippen LogP contribution in [0, 0.1) is 13.8 Å². The number of aromatic nitrogens is 1. The topological polar surface area (TPSA) is 15.8 Å². The molecule has 2 aromatic rings. The highest BCUT2D eigenvalue weighted by Crippen LogP contribution is 2.28. The van der Waals surface area contributed by atoms with Crippen LogP contribution < -0.4 is 0 Å². The Balaban J connectivity index is 2.82. The highest BCUT2D eigenvalue weighted by atomic mass is 79.9. The molecule has 2 heteroatoms. The van der Waals surface area contributed by atoms with Crippen LogP contribution in [0.15, 0.2) is 16.6 Å². The Morgan fingerprint density at radius 2 is 2.00 bits per heavy atom. The lowest BCUT2D eigenvalue weighted by Gasteiger charge is -1.99. The minimum absolute atomic E-state index is 1.09. The van der Waals surface area contributed by atoms with Gasteiger partial charge in [-0.2, -0.15) is 0 Å². The Labute approximate surface area is 92.6 Å². The number of aromatic amines is 1. The largest absolute Gasteiger partial charge is 0.358 e. The van der Waals surface area contributed by atoms with Crippen LogP contribution in [0.3, 0.4) is 0 Å². The number of aryl methyl sites for hydroxylation is 3. The average Bonchev–Trinajstić information content (AvgIpc) is 2.42. The quantitative estimate of drug-likeness (QED) is 0.786. The Hall–Kier alpha value is -0.760. The van der Waals surface area contributed by atoms with Crippen molar-refractivity contribution in [1.82, 2.24) is 4.98 Å². The molecule has 0 amide bonds. The third-order valence-electron chi connectivity index (χ3n) is 2.75. The van der Waals surface area contributed by atoms with E-state index in [2.05, 4.69) is 53.8 Å². The average molecular weight is 252 g/mol. The lowest BCUT2D eigenvalue weighted by molar-refractivity contribution is 1.11. The molecule has 14 heavy (non-hydrogen) atoms. The third kappa shape index (κ3) is 1.38. The molecule has 0 atom stereocenters. The van der Waals surface area contributed by atoms with Crippen molar-refractivity contribution in [2.24, 2.45) is 0 Å². The van der Waals surface area contributed by atoms with Crippen molar-refractivity contribution in [3.63, 3.8) is 0 Å². The second kappa shape index (κ2) is 3.43. The van der Waals surface area contributed by atoms with E-state index in [4.69, 9.17) is 0 Å². The standard InChI is InChI=1S/C12H14BrN/c1-4-9-8(3)14-12-6-11(13)7(2)5-10(9)12/h5-6,14H,4H2,1-3H3. The fraction of sp³-hybridized carbons (Fsp3) is 0.333. The molecule has 0 aliphatic carbocycles. The van der Waals surface area contributed by atoms with Gasteiger partial charge in [0.05, 0.1) is 0 Å². The number of rotatable bonds is 1. The van der Waals surface area contributed by atoms with Gasteiger partial charge in [0.15, 0.2) is 0 Å². The smallest absolute Gasteiger partial charge is 0.0470 e. The number of nitrogens with one attached hydrogen (secondary N) is 1. The van der Waals surface area contributed by atoms with Crippen molar-refractivity contribution >= 4 is 26.8 Å². The van der Waals surface area contributed by atoms with E-state index in [1.54, 1.807) is 0 Å². The number of hydrogen-bond acceptors (Lipinski definition) is 0. The van der Waals surface area contributed by atoms with Gasteiger partial charge in [-0.25, -0.2) is 0 Å². The fourth-order valence-corrected chi connectivity index (χ4v) is 2.31. The molecule has 1 heterocycles. The molecule has 0 unspecified atom stereocenters. The van der Waals surface area contributed by atoms with Gasteiger partial charge in [0.25, 0.3) is 0 Å². The van der Waals surface area contributed by atoms with Gasteiger partial charge in [0.2, 0.25) is 0 Å². The Kier molecular flexibility index (Phi) is 2.40. The van der Waals surface area contributed by atoms with Gasteiger partial charge >= 0.3 is 0 Å². The number of fused-ring (bicyclic) bond motifs is 1. The van der Waals surface area contributed by atoms with Crippen molar-refractivity contribution in [3.8, 4) is 0 Å². The molecule has 1 nitrogen and oxygen atoms in total. The number of H-pyrrole nitrogens is 1. The first-order chi connectivity index (χ1) is 6.63. The van der Waals surface area contributed by atoms with Gasteiger partial charge in [0, 0.05) is 21.1 Å².